The summed E-state index contributed by atoms with van der Waals surface area (Å²) >= 11 is 7.37. The molecule has 4 nitrogen and oxygen atoms in total. The van der Waals surface area contributed by atoms with Crippen LogP contribution in [0.2, 0.25) is 5.02 Å². The molecule has 1 heterocycles. The summed E-state index contributed by atoms with van der Waals surface area (Å²) in [5, 5.41) is 11.4. The molecule has 3 aromatic rings. The Morgan fingerprint density at radius 2 is 1.83 bits per heavy atom. The first-order valence-electron chi connectivity index (χ1n) is 7.04. The van der Waals surface area contributed by atoms with E-state index in [0.29, 0.717) is 15.9 Å². The fourth-order valence-electron chi connectivity index (χ4n) is 2.24. The van der Waals surface area contributed by atoms with Gasteiger partial charge in [0.05, 0.1) is 11.4 Å². The zero-order chi connectivity index (χ0) is 16.2. The number of halogens is 1. The van der Waals surface area contributed by atoms with Gasteiger partial charge < -0.3 is 0 Å². The van der Waals surface area contributed by atoms with Crippen molar-refractivity contribution in [2.45, 2.75) is 5.75 Å². The van der Waals surface area contributed by atoms with Crippen LogP contribution in [0.3, 0.4) is 0 Å². The Morgan fingerprint density at radius 1 is 1.13 bits per heavy atom. The van der Waals surface area contributed by atoms with Crippen molar-refractivity contribution in [3.8, 4) is 16.9 Å². The van der Waals surface area contributed by atoms with Gasteiger partial charge in [-0.25, -0.2) is 4.68 Å². The Kier molecular flexibility index (Phi) is 4.69. The molecule has 0 aliphatic heterocycles. The first-order chi connectivity index (χ1) is 11.1. The average Bonchev–Trinajstić information content (AvgIpc) is 2.99. The summed E-state index contributed by atoms with van der Waals surface area (Å²) < 4.78 is 1.87. The lowest BCUT2D eigenvalue weighted by atomic mass is 10.1. The monoisotopic (exact) mass is 343 g/mol. The fourth-order valence-corrected chi connectivity index (χ4v) is 2.90. The Bertz CT molecular complexity index is 812. The van der Waals surface area contributed by atoms with Crippen molar-refractivity contribution < 1.29 is 5.41 Å². The van der Waals surface area contributed by atoms with E-state index in [0.717, 1.165) is 22.5 Å². The van der Waals surface area contributed by atoms with E-state index in [4.69, 9.17) is 27.8 Å². The van der Waals surface area contributed by atoms with Gasteiger partial charge in [-0.15, -0.1) is 0 Å². The SMILES string of the molecule is NC(=[NH2+])SCc1cn(-c2ccccc2)nc1-c1ccc(Cl)cc1. The number of thioether (sulfide) groups is 1. The molecule has 2 aromatic carbocycles. The van der Waals surface area contributed by atoms with Crippen molar-refractivity contribution in [1.82, 2.24) is 9.78 Å². The third-order valence-corrected chi connectivity index (χ3v) is 4.36. The van der Waals surface area contributed by atoms with Crippen LogP contribution < -0.4 is 11.1 Å². The highest BCUT2D eigenvalue weighted by Crippen LogP contribution is 2.27. The van der Waals surface area contributed by atoms with Crippen molar-refractivity contribution >= 4 is 28.5 Å². The summed E-state index contributed by atoms with van der Waals surface area (Å²) in [4.78, 5) is 0. The second kappa shape index (κ2) is 6.89. The van der Waals surface area contributed by atoms with Crippen molar-refractivity contribution in [1.29, 1.82) is 0 Å². The highest BCUT2D eigenvalue weighted by atomic mass is 35.5. The predicted molar refractivity (Wildman–Crippen MR) is 96.4 cm³/mol. The molecule has 0 aliphatic carbocycles. The Labute approximate surface area is 143 Å². The number of amidine groups is 1. The van der Waals surface area contributed by atoms with E-state index in [2.05, 4.69) is 0 Å². The van der Waals surface area contributed by atoms with E-state index in [1.54, 1.807) is 0 Å². The topological polar surface area (TPSA) is 69.4 Å². The lowest BCUT2D eigenvalue weighted by molar-refractivity contribution is -0.110. The highest BCUT2D eigenvalue weighted by molar-refractivity contribution is 8.12. The number of hydrogen-bond acceptors (Lipinski definition) is 2. The number of aromatic nitrogens is 2. The molecule has 0 amide bonds. The van der Waals surface area contributed by atoms with E-state index >= 15 is 0 Å². The van der Waals surface area contributed by atoms with Gasteiger partial charge in [0.25, 0.3) is 5.17 Å². The van der Waals surface area contributed by atoms with Crippen LogP contribution in [-0.2, 0) is 5.75 Å². The lowest BCUT2D eigenvalue weighted by Crippen LogP contribution is -2.43. The maximum atomic E-state index is 5.98. The molecule has 116 valence electrons. The molecule has 1 aromatic heterocycles. The van der Waals surface area contributed by atoms with Gasteiger partial charge in [0.15, 0.2) is 0 Å². The molecule has 4 N–H and O–H groups in total. The second-order valence-corrected chi connectivity index (χ2v) is 6.47. The van der Waals surface area contributed by atoms with E-state index in [9.17, 15) is 0 Å². The molecular weight excluding hydrogens is 328 g/mol. The zero-order valence-electron chi connectivity index (χ0n) is 12.3. The van der Waals surface area contributed by atoms with Crippen LogP contribution in [0.1, 0.15) is 5.56 Å². The van der Waals surface area contributed by atoms with Crippen LogP contribution in [0.15, 0.2) is 60.8 Å². The molecule has 0 spiro atoms. The van der Waals surface area contributed by atoms with E-state index in [-0.39, 0.29) is 0 Å². The number of rotatable bonds is 4. The Balaban J connectivity index is 2.03. The predicted octanol–water partition coefficient (Wildman–Crippen LogP) is 2.50. The molecule has 0 bridgehead atoms. The van der Waals surface area contributed by atoms with Crippen LogP contribution in [0, 0.1) is 0 Å². The van der Waals surface area contributed by atoms with Gasteiger partial charge in [-0.3, -0.25) is 11.1 Å². The number of benzene rings is 2. The Hall–Kier alpha value is -2.24. The minimum atomic E-state index is 0.347. The normalized spacial score (nSPS) is 10.7. The summed E-state index contributed by atoms with van der Waals surface area (Å²) in [6, 6.07) is 17.6. The average molecular weight is 344 g/mol. The molecule has 23 heavy (non-hydrogen) atoms. The van der Waals surface area contributed by atoms with E-state index in [1.165, 1.54) is 11.8 Å². The highest BCUT2D eigenvalue weighted by Gasteiger charge is 2.13. The smallest absolute Gasteiger partial charge is 0.282 e. The third kappa shape index (κ3) is 3.75. The summed E-state index contributed by atoms with van der Waals surface area (Å²) in [6.07, 6.45) is 2.01. The molecule has 0 saturated carbocycles. The number of hydrogen-bond donors (Lipinski definition) is 2. The first kappa shape index (κ1) is 15.6. The quantitative estimate of drug-likeness (QED) is 0.565. The van der Waals surface area contributed by atoms with Gasteiger partial charge in [-0.2, -0.15) is 5.10 Å². The molecule has 0 aliphatic rings. The molecule has 0 unspecified atom stereocenters. The molecule has 0 radical (unpaired) electrons. The maximum absolute atomic E-state index is 5.98. The number of nitrogens with zero attached hydrogens (tertiary/aromatic N) is 2. The molecule has 0 fully saturated rings. The van der Waals surface area contributed by atoms with Crippen molar-refractivity contribution in [3.05, 3.63) is 71.4 Å². The minimum Gasteiger partial charge on any atom is -0.282 e. The van der Waals surface area contributed by atoms with E-state index < -0.39 is 0 Å². The fraction of sp³-hybridized carbons (Fsp3) is 0.0588. The van der Waals surface area contributed by atoms with Gasteiger partial charge in [0.1, 0.15) is 0 Å². The van der Waals surface area contributed by atoms with E-state index in [1.807, 2.05) is 65.5 Å². The molecule has 0 saturated heterocycles. The van der Waals surface area contributed by atoms with Crippen LogP contribution in [0.25, 0.3) is 16.9 Å². The largest absolute Gasteiger partial charge is 0.300 e. The summed E-state index contributed by atoms with van der Waals surface area (Å²) in [5.74, 6) is 0.660. The molecule has 6 heteroatoms. The first-order valence-corrected chi connectivity index (χ1v) is 8.40. The second-order valence-electron chi connectivity index (χ2n) is 4.98. The van der Waals surface area contributed by atoms with Crippen LogP contribution in [-0.4, -0.2) is 14.9 Å². The van der Waals surface area contributed by atoms with Crippen molar-refractivity contribution in [2.75, 3.05) is 0 Å². The van der Waals surface area contributed by atoms with Gasteiger partial charge in [-0.1, -0.05) is 41.9 Å². The van der Waals surface area contributed by atoms with Crippen molar-refractivity contribution in [2.24, 2.45) is 5.73 Å². The summed E-state index contributed by atoms with van der Waals surface area (Å²) in [7, 11) is 0. The van der Waals surface area contributed by atoms with Crippen LogP contribution in [0.4, 0.5) is 0 Å². The number of para-hydroxylation sites is 1. The third-order valence-electron chi connectivity index (χ3n) is 3.32. The summed E-state index contributed by atoms with van der Waals surface area (Å²) in [6.45, 7) is 0. The standard InChI is InChI=1S/C17H15ClN4S/c18-14-8-6-12(7-9-14)16-13(11-23-17(19)20)10-22(21-16)15-4-2-1-3-5-15/h1-10H,11H2,(H3,19,20)/p+1. The number of nitrogens with two attached hydrogens (primary N) is 2. The van der Waals surface area contributed by atoms with Gasteiger partial charge >= 0.3 is 0 Å². The molecule has 3 rings (SSSR count). The van der Waals surface area contributed by atoms with Crippen LogP contribution >= 0.6 is 23.4 Å². The van der Waals surface area contributed by atoms with Gasteiger partial charge in [0.2, 0.25) is 0 Å². The summed E-state index contributed by atoms with van der Waals surface area (Å²) in [5.41, 5.74) is 9.56. The zero-order valence-corrected chi connectivity index (χ0v) is 13.9. The maximum Gasteiger partial charge on any atom is 0.300 e. The van der Waals surface area contributed by atoms with Crippen molar-refractivity contribution in [3.63, 3.8) is 0 Å². The minimum absolute atomic E-state index is 0.347. The van der Waals surface area contributed by atoms with Gasteiger partial charge in [-0.05, 0) is 36.0 Å². The Morgan fingerprint density at radius 3 is 2.48 bits per heavy atom. The van der Waals surface area contributed by atoms with Gasteiger partial charge in [0, 0.05) is 28.1 Å². The van der Waals surface area contributed by atoms with Crippen LogP contribution in [0.5, 0.6) is 0 Å². The molecular formula is C17H16ClN4S+. The lowest BCUT2D eigenvalue weighted by Gasteiger charge is -2.01. The molecule has 0 atom stereocenters.